The maximum Gasteiger partial charge on any atom is 0.121 e. The third-order valence-corrected chi connectivity index (χ3v) is 3.28. The highest BCUT2D eigenvalue weighted by molar-refractivity contribution is 5.38. The highest BCUT2D eigenvalue weighted by Crippen LogP contribution is 2.28. The summed E-state index contributed by atoms with van der Waals surface area (Å²) in [6, 6.07) is 6.21. The maximum absolute atomic E-state index is 9.13. The minimum absolute atomic E-state index is 0.0925. The fraction of sp³-hybridized carbons (Fsp3) is 0.571. The number of aliphatic hydroxyl groups is 1. The molecule has 0 spiro atoms. The van der Waals surface area contributed by atoms with Crippen molar-refractivity contribution in [1.82, 2.24) is 0 Å². The van der Waals surface area contributed by atoms with Gasteiger partial charge in [-0.25, -0.2) is 0 Å². The Kier molecular flexibility index (Phi) is 5.45. The number of benzene rings is 1. The molecule has 0 aromatic heterocycles. The van der Waals surface area contributed by atoms with Crippen LogP contribution in [0.25, 0.3) is 0 Å². The molecule has 1 aromatic carbocycles. The van der Waals surface area contributed by atoms with Gasteiger partial charge in [-0.2, -0.15) is 0 Å². The van der Waals surface area contributed by atoms with Crippen LogP contribution in [0.1, 0.15) is 36.8 Å². The maximum atomic E-state index is 9.13. The van der Waals surface area contributed by atoms with Crippen molar-refractivity contribution >= 4 is 0 Å². The van der Waals surface area contributed by atoms with E-state index in [-0.39, 0.29) is 18.6 Å². The van der Waals surface area contributed by atoms with Gasteiger partial charge in [0, 0.05) is 18.6 Å². The molecular weight excluding hydrogens is 214 g/mol. The topological polar surface area (TPSA) is 55.5 Å². The SMILES string of the molecule is CCC(N)C(CCO)c1ccc(OC)c(C)c1. The van der Waals surface area contributed by atoms with Crippen molar-refractivity contribution in [2.75, 3.05) is 13.7 Å². The van der Waals surface area contributed by atoms with Crippen LogP contribution in [0.4, 0.5) is 0 Å². The number of aliphatic hydroxyl groups excluding tert-OH is 1. The Morgan fingerprint density at radius 1 is 1.41 bits per heavy atom. The van der Waals surface area contributed by atoms with Crippen LogP contribution >= 0.6 is 0 Å². The molecule has 0 saturated heterocycles. The molecular formula is C14H23NO2. The Bertz CT molecular complexity index is 352. The number of hydrogen-bond acceptors (Lipinski definition) is 3. The van der Waals surface area contributed by atoms with Gasteiger partial charge in [0.1, 0.15) is 5.75 Å². The third-order valence-electron chi connectivity index (χ3n) is 3.28. The van der Waals surface area contributed by atoms with E-state index in [0.717, 1.165) is 17.7 Å². The van der Waals surface area contributed by atoms with Crippen LogP contribution in [0.3, 0.4) is 0 Å². The van der Waals surface area contributed by atoms with Gasteiger partial charge in [0.2, 0.25) is 0 Å². The number of hydrogen-bond donors (Lipinski definition) is 2. The molecule has 3 N–H and O–H groups in total. The molecule has 2 atom stereocenters. The highest BCUT2D eigenvalue weighted by Gasteiger charge is 2.18. The molecule has 1 rings (SSSR count). The van der Waals surface area contributed by atoms with Gasteiger partial charge in [-0.05, 0) is 37.0 Å². The zero-order valence-electron chi connectivity index (χ0n) is 10.9. The number of aryl methyl sites for hydroxylation is 1. The number of nitrogens with two attached hydrogens (primary N) is 1. The van der Waals surface area contributed by atoms with Gasteiger partial charge >= 0.3 is 0 Å². The van der Waals surface area contributed by atoms with Gasteiger partial charge < -0.3 is 15.6 Å². The Labute approximate surface area is 104 Å². The van der Waals surface area contributed by atoms with E-state index >= 15 is 0 Å². The van der Waals surface area contributed by atoms with Crippen LogP contribution in [-0.2, 0) is 0 Å². The Hall–Kier alpha value is -1.06. The first-order chi connectivity index (χ1) is 8.13. The molecule has 0 bridgehead atoms. The summed E-state index contributed by atoms with van der Waals surface area (Å²) in [5.74, 6) is 1.11. The van der Waals surface area contributed by atoms with Gasteiger partial charge in [-0.15, -0.1) is 0 Å². The van der Waals surface area contributed by atoms with Crippen molar-refractivity contribution in [1.29, 1.82) is 0 Å². The lowest BCUT2D eigenvalue weighted by atomic mass is 9.87. The molecule has 0 aliphatic heterocycles. The van der Waals surface area contributed by atoms with Gasteiger partial charge in [0.15, 0.2) is 0 Å². The van der Waals surface area contributed by atoms with Crippen molar-refractivity contribution in [2.45, 2.75) is 38.6 Å². The van der Waals surface area contributed by atoms with Gasteiger partial charge in [0.05, 0.1) is 7.11 Å². The lowest BCUT2D eigenvalue weighted by Crippen LogP contribution is -2.28. The second-order valence-electron chi connectivity index (χ2n) is 4.42. The Morgan fingerprint density at radius 3 is 2.59 bits per heavy atom. The quantitative estimate of drug-likeness (QED) is 0.797. The molecule has 0 aliphatic rings. The van der Waals surface area contributed by atoms with Crippen LogP contribution in [0.15, 0.2) is 18.2 Å². The zero-order chi connectivity index (χ0) is 12.8. The molecule has 0 radical (unpaired) electrons. The van der Waals surface area contributed by atoms with Crippen molar-refractivity contribution in [2.24, 2.45) is 5.73 Å². The van der Waals surface area contributed by atoms with E-state index in [2.05, 4.69) is 13.0 Å². The molecule has 3 nitrogen and oxygen atoms in total. The molecule has 0 fully saturated rings. The Balaban J connectivity index is 2.98. The van der Waals surface area contributed by atoms with Crippen LogP contribution in [-0.4, -0.2) is 24.9 Å². The lowest BCUT2D eigenvalue weighted by molar-refractivity contribution is 0.266. The summed E-state index contributed by atoms with van der Waals surface area (Å²) in [6.07, 6.45) is 1.62. The normalized spacial score (nSPS) is 14.4. The van der Waals surface area contributed by atoms with Gasteiger partial charge in [-0.3, -0.25) is 0 Å². The first-order valence-electron chi connectivity index (χ1n) is 6.15. The van der Waals surface area contributed by atoms with E-state index < -0.39 is 0 Å². The molecule has 17 heavy (non-hydrogen) atoms. The molecule has 0 aliphatic carbocycles. The van der Waals surface area contributed by atoms with E-state index in [0.29, 0.717) is 6.42 Å². The predicted octanol–water partition coefficient (Wildman–Crippen LogP) is 2.21. The van der Waals surface area contributed by atoms with E-state index in [1.54, 1.807) is 7.11 Å². The molecule has 3 heteroatoms. The summed E-state index contributed by atoms with van der Waals surface area (Å²) in [5, 5.41) is 9.13. The standard InChI is InChI=1S/C14H23NO2/c1-4-13(15)12(7-8-16)11-5-6-14(17-3)10(2)9-11/h5-6,9,12-13,16H,4,7-8,15H2,1-3H3. The van der Waals surface area contributed by atoms with E-state index in [4.69, 9.17) is 15.6 Å². The third kappa shape index (κ3) is 3.45. The van der Waals surface area contributed by atoms with Crippen LogP contribution < -0.4 is 10.5 Å². The fourth-order valence-corrected chi connectivity index (χ4v) is 2.18. The van der Waals surface area contributed by atoms with Crippen LogP contribution in [0.5, 0.6) is 5.75 Å². The number of methoxy groups -OCH3 is 1. The largest absolute Gasteiger partial charge is 0.496 e. The molecule has 0 heterocycles. The van der Waals surface area contributed by atoms with E-state index in [1.807, 2.05) is 19.1 Å². The van der Waals surface area contributed by atoms with Gasteiger partial charge in [-0.1, -0.05) is 19.1 Å². The zero-order valence-corrected chi connectivity index (χ0v) is 10.9. The van der Waals surface area contributed by atoms with E-state index in [1.165, 1.54) is 5.56 Å². The first-order valence-corrected chi connectivity index (χ1v) is 6.15. The summed E-state index contributed by atoms with van der Waals surface area (Å²) in [7, 11) is 1.67. The average Bonchev–Trinajstić information content (AvgIpc) is 2.35. The Morgan fingerprint density at radius 2 is 2.12 bits per heavy atom. The number of ether oxygens (including phenoxy) is 1. The second kappa shape index (κ2) is 6.62. The monoisotopic (exact) mass is 237 g/mol. The number of rotatable bonds is 6. The molecule has 96 valence electrons. The fourth-order valence-electron chi connectivity index (χ4n) is 2.18. The molecule has 1 aromatic rings. The molecule has 0 saturated carbocycles. The summed E-state index contributed by atoms with van der Waals surface area (Å²) in [4.78, 5) is 0. The van der Waals surface area contributed by atoms with Crippen LogP contribution in [0, 0.1) is 6.92 Å². The molecule has 2 unspecified atom stereocenters. The minimum Gasteiger partial charge on any atom is -0.496 e. The molecule has 0 amide bonds. The smallest absolute Gasteiger partial charge is 0.121 e. The van der Waals surface area contributed by atoms with Crippen molar-refractivity contribution in [3.63, 3.8) is 0 Å². The minimum atomic E-state index is 0.0925. The summed E-state index contributed by atoms with van der Waals surface area (Å²) >= 11 is 0. The van der Waals surface area contributed by atoms with E-state index in [9.17, 15) is 0 Å². The first kappa shape index (κ1) is 14.0. The van der Waals surface area contributed by atoms with Crippen molar-refractivity contribution in [3.8, 4) is 5.75 Å². The highest BCUT2D eigenvalue weighted by atomic mass is 16.5. The summed E-state index contributed by atoms with van der Waals surface area (Å²) in [5.41, 5.74) is 8.41. The summed E-state index contributed by atoms with van der Waals surface area (Å²) < 4.78 is 5.25. The summed E-state index contributed by atoms with van der Waals surface area (Å²) in [6.45, 7) is 4.27. The predicted molar refractivity (Wildman–Crippen MR) is 70.4 cm³/mol. The van der Waals surface area contributed by atoms with Crippen molar-refractivity contribution < 1.29 is 9.84 Å². The second-order valence-corrected chi connectivity index (χ2v) is 4.42. The van der Waals surface area contributed by atoms with Crippen molar-refractivity contribution in [3.05, 3.63) is 29.3 Å². The van der Waals surface area contributed by atoms with Crippen LogP contribution in [0.2, 0.25) is 0 Å². The van der Waals surface area contributed by atoms with Gasteiger partial charge in [0.25, 0.3) is 0 Å². The average molecular weight is 237 g/mol. The lowest BCUT2D eigenvalue weighted by Gasteiger charge is -2.23.